The van der Waals surface area contributed by atoms with E-state index in [1.54, 1.807) is 6.92 Å². The maximum absolute atomic E-state index is 12.2. The Balaban J connectivity index is 1.56. The predicted molar refractivity (Wildman–Crippen MR) is 112 cm³/mol. The van der Waals surface area contributed by atoms with Gasteiger partial charge in [-0.2, -0.15) is 0 Å². The second kappa shape index (κ2) is 8.27. The summed E-state index contributed by atoms with van der Waals surface area (Å²) in [5.74, 6) is 0. The van der Waals surface area contributed by atoms with Crippen LogP contribution in [0.2, 0.25) is 5.32 Å². The van der Waals surface area contributed by atoms with E-state index >= 15 is 0 Å². The van der Waals surface area contributed by atoms with Crippen molar-refractivity contribution in [2.24, 2.45) is 5.11 Å². The van der Waals surface area contributed by atoms with Gasteiger partial charge in [-0.15, -0.1) is 0 Å². The molecule has 1 aromatic heterocycles. The Kier molecular flexibility index (Phi) is 5.56. The van der Waals surface area contributed by atoms with Crippen LogP contribution in [0.15, 0.2) is 63.4 Å². The molecular formula is C20H19N5O3Se. The van der Waals surface area contributed by atoms with Crippen molar-refractivity contribution >= 4 is 30.2 Å². The van der Waals surface area contributed by atoms with E-state index in [0.717, 1.165) is 5.32 Å². The van der Waals surface area contributed by atoms with Crippen LogP contribution in [0.4, 0.5) is 0 Å². The molecule has 1 fully saturated rings. The molecule has 2 aromatic carbocycles. The zero-order valence-corrected chi connectivity index (χ0v) is 17.4. The molecule has 1 aliphatic heterocycles. The molecule has 0 saturated carbocycles. The Morgan fingerprint density at radius 2 is 2.07 bits per heavy atom. The van der Waals surface area contributed by atoms with Gasteiger partial charge in [0.1, 0.15) is 0 Å². The quantitative estimate of drug-likeness (QED) is 0.275. The van der Waals surface area contributed by atoms with E-state index in [-0.39, 0.29) is 27.1 Å². The molecule has 0 amide bonds. The number of nitrogens with zero attached hydrogens (tertiary/aromatic N) is 4. The first-order valence-corrected chi connectivity index (χ1v) is 11.3. The minimum absolute atomic E-state index is 0.107. The molecule has 29 heavy (non-hydrogen) atoms. The predicted octanol–water partition coefficient (Wildman–Crippen LogP) is 2.41. The Hall–Kier alpha value is -2.83. The number of ether oxygens (including phenoxy) is 1. The topological polar surface area (TPSA) is 113 Å². The van der Waals surface area contributed by atoms with Gasteiger partial charge in [-0.05, 0) is 0 Å². The first-order chi connectivity index (χ1) is 14.1. The molecule has 1 aliphatic rings. The van der Waals surface area contributed by atoms with Crippen LogP contribution in [0.3, 0.4) is 0 Å². The normalized spacial score (nSPS) is 21.2. The van der Waals surface area contributed by atoms with Gasteiger partial charge in [-0.1, -0.05) is 0 Å². The average molecular weight is 456 g/mol. The summed E-state index contributed by atoms with van der Waals surface area (Å²) in [7, 11) is 0. The van der Waals surface area contributed by atoms with Crippen LogP contribution in [0.1, 0.15) is 18.2 Å². The fourth-order valence-corrected chi connectivity index (χ4v) is 5.95. The summed E-state index contributed by atoms with van der Waals surface area (Å²) in [4.78, 5) is 29.1. The van der Waals surface area contributed by atoms with Gasteiger partial charge in [0.15, 0.2) is 0 Å². The molecular weight excluding hydrogens is 437 g/mol. The van der Waals surface area contributed by atoms with Crippen LogP contribution in [-0.4, -0.2) is 36.7 Å². The average Bonchev–Trinajstić information content (AvgIpc) is 3.12. The van der Waals surface area contributed by atoms with Crippen molar-refractivity contribution in [1.29, 1.82) is 0 Å². The van der Waals surface area contributed by atoms with Crippen molar-refractivity contribution < 1.29 is 4.74 Å². The van der Waals surface area contributed by atoms with Crippen LogP contribution >= 0.6 is 0 Å². The number of azide groups is 1. The molecule has 2 heterocycles. The molecule has 9 heteroatoms. The molecule has 3 aromatic rings. The molecule has 1 unspecified atom stereocenters. The summed E-state index contributed by atoms with van der Waals surface area (Å²) in [6.45, 7) is 1.63. The molecule has 1 N–H and O–H groups in total. The van der Waals surface area contributed by atoms with E-state index < -0.39 is 17.5 Å². The number of hydrogen-bond donors (Lipinski definition) is 1. The van der Waals surface area contributed by atoms with E-state index in [4.69, 9.17) is 10.3 Å². The number of nitrogens with one attached hydrogen (secondary N) is 1. The third-order valence-corrected chi connectivity index (χ3v) is 7.45. The van der Waals surface area contributed by atoms with Gasteiger partial charge < -0.3 is 0 Å². The van der Waals surface area contributed by atoms with Crippen molar-refractivity contribution in [2.75, 3.05) is 0 Å². The van der Waals surface area contributed by atoms with Gasteiger partial charge in [-0.25, -0.2) is 0 Å². The van der Waals surface area contributed by atoms with E-state index in [0.29, 0.717) is 12.0 Å². The number of aryl methyl sites for hydroxylation is 1. The summed E-state index contributed by atoms with van der Waals surface area (Å²) >= 11 is 0.107. The van der Waals surface area contributed by atoms with Gasteiger partial charge in [0.25, 0.3) is 0 Å². The van der Waals surface area contributed by atoms with Crippen molar-refractivity contribution in [2.45, 2.75) is 37.0 Å². The van der Waals surface area contributed by atoms with Crippen LogP contribution < -0.4 is 15.7 Å². The van der Waals surface area contributed by atoms with Crippen molar-refractivity contribution in [3.63, 3.8) is 0 Å². The molecule has 1 saturated heterocycles. The minimum atomic E-state index is -0.568. The maximum atomic E-state index is 12.2. The van der Waals surface area contributed by atoms with Crippen LogP contribution in [-0.2, 0) is 4.74 Å². The number of H-pyrrole nitrogens is 1. The Morgan fingerprint density at radius 3 is 2.90 bits per heavy atom. The standard InChI is InChI=1S/C20H19N5O3Se/c1-12-10-25(20(27)22-19(12)26)18-9-15(23-24-21)16(28-18)11-29-17-8-4-6-13-5-2-3-7-14(13)17/h2-8,10,15-16,18H,9,11H2,1H3,(H,22,26,27)/t15?,16-,18-/m1/s1. The van der Waals surface area contributed by atoms with E-state index in [9.17, 15) is 9.59 Å². The van der Waals surface area contributed by atoms with Crippen molar-refractivity contribution in [3.8, 4) is 0 Å². The van der Waals surface area contributed by atoms with Crippen LogP contribution in [0, 0.1) is 6.92 Å². The second-order valence-corrected chi connectivity index (χ2v) is 9.13. The molecule has 0 radical (unpaired) electrons. The monoisotopic (exact) mass is 457 g/mol. The third-order valence-electron chi connectivity index (χ3n) is 5.01. The number of hydrogen-bond acceptors (Lipinski definition) is 4. The van der Waals surface area contributed by atoms with Crippen LogP contribution in [0.5, 0.6) is 0 Å². The molecule has 0 bridgehead atoms. The summed E-state index contributed by atoms with van der Waals surface area (Å²) in [5, 5.41) is 7.04. The summed E-state index contributed by atoms with van der Waals surface area (Å²) in [6, 6.07) is 14.1. The SMILES string of the molecule is Cc1cn([C@H]2CC(N=[N+]=[N-])[C@@H](C[Se]c3cccc4ccccc34)O2)c(=O)[nH]c1=O. The van der Waals surface area contributed by atoms with Gasteiger partial charge in [0.2, 0.25) is 0 Å². The summed E-state index contributed by atoms with van der Waals surface area (Å²) in [5.41, 5.74) is 8.45. The fraction of sp³-hybridized carbons (Fsp3) is 0.300. The van der Waals surface area contributed by atoms with Crippen molar-refractivity contribution in [3.05, 3.63) is 85.5 Å². The molecule has 0 spiro atoms. The first kappa shape index (κ1) is 19.5. The first-order valence-electron chi connectivity index (χ1n) is 9.19. The summed E-state index contributed by atoms with van der Waals surface area (Å²) < 4.78 is 8.75. The van der Waals surface area contributed by atoms with Crippen molar-refractivity contribution in [1.82, 2.24) is 9.55 Å². The Labute approximate surface area is 172 Å². The zero-order valence-electron chi connectivity index (χ0n) is 15.7. The third kappa shape index (κ3) is 3.99. The van der Waals surface area contributed by atoms with E-state index in [2.05, 4.69) is 39.3 Å². The molecule has 148 valence electrons. The molecule has 4 rings (SSSR count). The fourth-order valence-electron chi connectivity index (χ4n) is 3.52. The molecule has 8 nitrogen and oxygen atoms in total. The van der Waals surface area contributed by atoms with Gasteiger partial charge in [-0.3, -0.25) is 0 Å². The Morgan fingerprint density at radius 1 is 1.28 bits per heavy atom. The van der Waals surface area contributed by atoms with E-state index in [1.807, 2.05) is 18.2 Å². The Bertz CT molecular complexity index is 1210. The number of benzene rings is 2. The number of aromatic amines is 1. The molecule has 3 atom stereocenters. The number of aromatic nitrogens is 2. The van der Waals surface area contributed by atoms with Gasteiger partial charge >= 0.3 is 172 Å². The second-order valence-electron chi connectivity index (χ2n) is 6.90. The van der Waals surface area contributed by atoms with E-state index in [1.165, 1.54) is 26.0 Å². The zero-order chi connectivity index (χ0) is 20.4. The number of fused-ring (bicyclic) bond motifs is 1. The summed E-state index contributed by atoms with van der Waals surface area (Å²) in [6.07, 6.45) is 1.04. The van der Waals surface area contributed by atoms with Crippen LogP contribution in [0.25, 0.3) is 21.2 Å². The van der Waals surface area contributed by atoms with Gasteiger partial charge in [0.05, 0.1) is 0 Å². The van der Waals surface area contributed by atoms with Gasteiger partial charge in [0, 0.05) is 0 Å². The molecule has 0 aliphatic carbocycles. The number of rotatable bonds is 5.